The topological polar surface area (TPSA) is 57.8 Å². The summed E-state index contributed by atoms with van der Waals surface area (Å²) in [5.41, 5.74) is 1.72. The van der Waals surface area contributed by atoms with Crippen LogP contribution in [0, 0.1) is 0 Å². The van der Waals surface area contributed by atoms with Gasteiger partial charge in [-0.25, -0.2) is 0 Å². The van der Waals surface area contributed by atoms with Gasteiger partial charge in [0.25, 0.3) is 0 Å². The van der Waals surface area contributed by atoms with Crippen LogP contribution in [0.5, 0.6) is 0 Å². The monoisotopic (exact) mass is 309 g/mol. The Kier molecular flexibility index (Phi) is 4.82. The fraction of sp³-hybridized carbons (Fsp3) is 0.143. The fourth-order valence-corrected chi connectivity index (χ4v) is 2.16. The minimum Gasteiger partial charge on any atom is -0.306 e. The van der Waals surface area contributed by atoms with Gasteiger partial charge in [0.2, 0.25) is 5.91 Å². The number of aryl methyl sites for hydroxylation is 1. The van der Waals surface area contributed by atoms with E-state index in [4.69, 9.17) is 23.2 Å². The minimum absolute atomic E-state index is 0.268. The first-order chi connectivity index (χ1) is 9.56. The molecule has 104 valence electrons. The molecule has 20 heavy (non-hydrogen) atoms. The van der Waals surface area contributed by atoms with E-state index in [0.29, 0.717) is 15.9 Å². The standard InChI is InChI=1S/C14H13Cl2N3O/c1-2-12-8-13(19-18-12)17-14(20)4-3-9-5-10(15)7-11(16)6-9/h3-8H,2H2,1H3,(H2,17,18,19,20)/b4-3+. The second-order valence-corrected chi connectivity index (χ2v) is 5.03. The first kappa shape index (κ1) is 14.6. The van der Waals surface area contributed by atoms with Crippen molar-refractivity contribution in [2.24, 2.45) is 0 Å². The molecule has 0 radical (unpaired) electrons. The van der Waals surface area contributed by atoms with Crippen LogP contribution in [0.1, 0.15) is 18.2 Å². The zero-order valence-corrected chi connectivity index (χ0v) is 12.3. The maximum atomic E-state index is 11.7. The molecule has 0 unspecified atom stereocenters. The average Bonchev–Trinajstić information content (AvgIpc) is 2.83. The molecule has 0 saturated heterocycles. The number of nitrogens with one attached hydrogen (secondary N) is 2. The number of carbonyl (C=O) groups excluding carboxylic acids is 1. The molecule has 0 fully saturated rings. The quantitative estimate of drug-likeness (QED) is 0.841. The lowest BCUT2D eigenvalue weighted by atomic mass is 10.2. The van der Waals surface area contributed by atoms with E-state index in [0.717, 1.165) is 17.7 Å². The molecule has 0 spiro atoms. The number of amides is 1. The SMILES string of the molecule is CCc1cc(NC(=O)/C=C/c2cc(Cl)cc(Cl)c2)n[nH]1. The lowest BCUT2D eigenvalue weighted by Crippen LogP contribution is -2.07. The minimum atomic E-state index is -0.268. The number of nitrogens with zero attached hydrogens (tertiary/aromatic N) is 1. The zero-order valence-electron chi connectivity index (χ0n) is 10.8. The van der Waals surface area contributed by atoms with Crippen LogP contribution in [0.3, 0.4) is 0 Å². The molecule has 2 rings (SSSR count). The Balaban J connectivity index is 2.01. The fourth-order valence-electron chi connectivity index (χ4n) is 1.62. The summed E-state index contributed by atoms with van der Waals surface area (Å²) in [6, 6.07) is 6.88. The largest absolute Gasteiger partial charge is 0.306 e. The summed E-state index contributed by atoms with van der Waals surface area (Å²) in [7, 11) is 0. The van der Waals surface area contributed by atoms with Crippen molar-refractivity contribution in [2.45, 2.75) is 13.3 Å². The van der Waals surface area contributed by atoms with Crippen molar-refractivity contribution in [3.63, 3.8) is 0 Å². The van der Waals surface area contributed by atoms with Crippen molar-refractivity contribution in [1.29, 1.82) is 0 Å². The van der Waals surface area contributed by atoms with Crippen LogP contribution in [-0.4, -0.2) is 16.1 Å². The van der Waals surface area contributed by atoms with Crippen LogP contribution < -0.4 is 5.32 Å². The van der Waals surface area contributed by atoms with Crippen molar-refractivity contribution in [2.75, 3.05) is 5.32 Å². The van der Waals surface area contributed by atoms with Gasteiger partial charge in [0.15, 0.2) is 5.82 Å². The summed E-state index contributed by atoms with van der Waals surface area (Å²) in [4.78, 5) is 11.7. The summed E-state index contributed by atoms with van der Waals surface area (Å²) in [5.74, 6) is 0.232. The highest BCUT2D eigenvalue weighted by Crippen LogP contribution is 2.19. The van der Waals surface area contributed by atoms with Crippen molar-refractivity contribution >= 4 is 41.0 Å². The Labute approximate surface area is 126 Å². The molecule has 1 aromatic carbocycles. The summed E-state index contributed by atoms with van der Waals surface area (Å²) < 4.78 is 0. The number of aromatic nitrogens is 2. The molecular weight excluding hydrogens is 297 g/mol. The number of hydrogen-bond acceptors (Lipinski definition) is 2. The van der Waals surface area contributed by atoms with E-state index in [-0.39, 0.29) is 5.91 Å². The van der Waals surface area contributed by atoms with Gasteiger partial charge in [0.1, 0.15) is 0 Å². The molecule has 0 aliphatic heterocycles. The molecule has 0 atom stereocenters. The molecule has 2 aromatic rings. The molecule has 0 saturated carbocycles. The molecule has 1 amide bonds. The predicted molar refractivity (Wildman–Crippen MR) is 82.1 cm³/mol. The number of halogens is 2. The molecule has 1 aromatic heterocycles. The number of aromatic amines is 1. The summed E-state index contributed by atoms with van der Waals surface area (Å²) >= 11 is 11.8. The van der Waals surface area contributed by atoms with Crippen molar-refractivity contribution in [1.82, 2.24) is 10.2 Å². The van der Waals surface area contributed by atoms with E-state index < -0.39 is 0 Å². The normalized spacial score (nSPS) is 10.9. The zero-order chi connectivity index (χ0) is 14.5. The lowest BCUT2D eigenvalue weighted by molar-refractivity contribution is -0.111. The summed E-state index contributed by atoms with van der Waals surface area (Å²) in [5, 5.41) is 10.5. The van der Waals surface area contributed by atoms with E-state index in [1.165, 1.54) is 6.08 Å². The number of H-pyrrole nitrogens is 1. The van der Waals surface area contributed by atoms with Gasteiger partial charge >= 0.3 is 0 Å². The van der Waals surface area contributed by atoms with Crippen LogP contribution in [0.25, 0.3) is 6.08 Å². The second-order valence-electron chi connectivity index (χ2n) is 4.16. The first-order valence-electron chi connectivity index (χ1n) is 6.06. The molecule has 2 N–H and O–H groups in total. The van der Waals surface area contributed by atoms with E-state index in [2.05, 4.69) is 15.5 Å². The Morgan fingerprint density at radius 1 is 1.30 bits per heavy atom. The lowest BCUT2D eigenvalue weighted by Gasteiger charge is -1.98. The Bertz CT molecular complexity index is 629. The molecule has 1 heterocycles. The third-order valence-electron chi connectivity index (χ3n) is 2.58. The van der Waals surface area contributed by atoms with Gasteiger partial charge in [-0.1, -0.05) is 30.1 Å². The van der Waals surface area contributed by atoms with Crippen LogP contribution in [-0.2, 0) is 11.2 Å². The van der Waals surface area contributed by atoms with Crippen LogP contribution in [0.2, 0.25) is 10.0 Å². The molecule has 0 bridgehead atoms. The van der Waals surface area contributed by atoms with Gasteiger partial charge in [0.05, 0.1) is 0 Å². The van der Waals surface area contributed by atoms with E-state index >= 15 is 0 Å². The van der Waals surface area contributed by atoms with Gasteiger partial charge in [-0.3, -0.25) is 9.89 Å². The average molecular weight is 310 g/mol. The second kappa shape index (κ2) is 6.59. The highest BCUT2D eigenvalue weighted by Gasteiger charge is 2.02. The van der Waals surface area contributed by atoms with E-state index in [1.807, 2.05) is 6.92 Å². The highest BCUT2D eigenvalue weighted by atomic mass is 35.5. The first-order valence-corrected chi connectivity index (χ1v) is 6.82. The number of hydrogen-bond donors (Lipinski definition) is 2. The number of rotatable bonds is 4. The predicted octanol–water partition coefficient (Wildman–Crippen LogP) is 3.93. The van der Waals surface area contributed by atoms with Crippen molar-refractivity contribution < 1.29 is 4.79 Å². The Morgan fingerprint density at radius 2 is 2.00 bits per heavy atom. The Morgan fingerprint density at radius 3 is 2.60 bits per heavy atom. The third kappa shape index (κ3) is 4.11. The van der Waals surface area contributed by atoms with E-state index in [9.17, 15) is 4.79 Å². The number of carbonyl (C=O) groups is 1. The van der Waals surface area contributed by atoms with Crippen LogP contribution in [0.15, 0.2) is 30.3 Å². The third-order valence-corrected chi connectivity index (χ3v) is 3.01. The molecule has 6 heteroatoms. The highest BCUT2D eigenvalue weighted by molar-refractivity contribution is 6.34. The smallest absolute Gasteiger partial charge is 0.249 e. The molecule has 0 aliphatic rings. The van der Waals surface area contributed by atoms with Crippen LogP contribution in [0.4, 0.5) is 5.82 Å². The summed E-state index contributed by atoms with van der Waals surface area (Å²) in [6.07, 6.45) is 3.88. The molecular formula is C14H13Cl2N3O. The van der Waals surface area contributed by atoms with Gasteiger partial charge in [-0.05, 0) is 36.3 Å². The van der Waals surface area contributed by atoms with Crippen molar-refractivity contribution in [3.05, 3.63) is 51.6 Å². The molecule has 4 nitrogen and oxygen atoms in total. The van der Waals surface area contributed by atoms with Crippen LogP contribution >= 0.6 is 23.2 Å². The van der Waals surface area contributed by atoms with Gasteiger partial charge in [-0.2, -0.15) is 5.10 Å². The number of benzene rings is 1. The Hall–Kier alpha value is -1.78. The maximum absolute atomic E-state index is 11.7. The summed E-state index contributed by atoms with van der Waals surface area (Å²) in [6.45, 7) is 2.00. The van der Waals surface area contributed by atoms with Gasteiger partial charge < -0.3 is 5.32 Å². The van der Waals surface area contributed by atoms with Gasteiger partial charge in [0, 0.05) is 27.9 Å². The number of anilines is 1. The van der Waals surface area contributed by atoms with Crippen molar-refractivity contribution in [3.8, 4) is 0 Å². The maximum Gasteiger partial charge on any atom is 0.249 e. The van der Waals surface area contributed by atoms with Gasteiger partial charge in [-0.15, -0.1) is 0 Å². The van der Waals surface area contributed by atoms with E-state index in [1.54, 1.807) is 30.3 Å². The molecule has 0 aliphatic carbocycles.